The molecular formula is C25H37IN4O2. The third-order valence-corrected chi connectivity index (χ3v) is 4.51. The zero-order valence-corrected chi connectivity index (χ0v) is 22.4. The molecule has 2 rings (SSSR count). The molecule has 3 N–H and O–H groups in total. The van der Waals surface area contributed by atoms with Crippen molar-refractivity contribution >= 4 is 35.8 Å². The highest BCUT2D eigenvalue weighted by Gasteiger charge is 2.15. The van der Waals surface area contributed by atoms with Crippen LogP contribution in [-0.2, 0) is 13.0 Å². The molecule has 0 aromatic heterocycles. The second-order valence-electron chi connectivity index (χ2n) is 8.48. The molecule has 2 aromatic rings. The third kappa shape index (κ3) is 9.46. The van der Waals surface area contributed by atoms with Crippen molar-refractivity contribution in [3.8, 4) is 5.75 Å². The van der Waals surface area contributed by atoms with Crippen LogP contribution in [0, 0.1) is 6.92 Å². The first kappa shape index (κ1) is 27.7. The Morgan fingerprint density at radius 2 is 1.84 bits per heavy atom. The Kier molecular flexibility index (Phi) is 11.5. The standard InChI is InChI=1S/C25H36N4O2.HI/c1-7-27-24(28-14-13-19-9-8-10-20(16-19)23(30)26-6)29-17-21-12-11-18(2)15-22(21)31-25(3,4)5;/h8-12,15-16H,7,13-14,17H2,1-6H3,(H,26,30)(H2,27,28,29);1H. The maximum atomic E-state index is 11.8. The largest absolute Gasteiger partial charge is 0.488 e. The molecule has 0 heterocycles. The molecule has 1 amide bonds. The van der Waals surface area contributed by atoms with Gasteiger partial charge in [0.1, 0.15) is 11.4 Å². The molecule has 176 valence electrons. The molecule has 7 heteroatoms. The van der Waals surface area contributed by atoms with Gasteiger partial charge in [0.2, 0.25) is 0 Å². The highest BCUT2D eigenvalue weighted by molar-refractivity contribution is 14.0. The number of aliphatic imine (C=N–C) groups is 1. The van der Waals surface area contributed by atoms with E-state index in [9.17, 15) is 4.79 Å². The Morgan fingerprint density at radius 3 is 2.50 bits per heavy atom. The number of halogens is 1. The van der Waals surface area contributed by atoms with Crippen LogP contribution in [0.3, 0.4) is 0 Å². The molecule has 6 nitrogen and oxygen atoms in total. The van der Waals surface area contributed by atoms with Crippen LogP contribution >= 0.6 is 24.0 Å². The molecule has 32 heavy (non-hydrogen) atoms. The molecule has 0 radical (unpaired) electrons. The number of rotatable bonds is 8. The molecule has 0 bridgehead atoms. The number of nitrogens with one attached hydrogen (secondary N) is 3. The van der Waals surface area contributed by atoms with Gasteiger partial charge in [-0.25, -0.2) is 4.99 Å². The van der Waals surface area contributed by atoms with Gasteiger partial charge in [0.15, 0.2) is 5.96 Å². The molecule has 0 saturated carbocycles. The van der Waals surface area contributed by atoms with E-state index in [1.54, 1.807) is 7.05 Å². The molecule has 0 atom stereocenters. The minimum atomic E-state index is -0.266. The van der Waals surface area contributed by atoms with Crippen LogP contribution in [0.25, 0.3) is 0 Å². The Morgan fingerprint density at radius 1 is 1.09 bits per heavy atom. The lowest BCUT2D eigenvalue weighted by atomic mass is 10.1. The molecule has 0 aliphatic rings. The van der Waals surface area contributed by atoms with Gasteiger partial charge in [0.25, 0.3) is 5.91 Å². The van der Waals surface area contributed by atoms with Gasteiger partial charge in [-0.1, -0.05) is 24.3 Å². The van der Waals surface area contributed by atoms with Crippen molar-refractivity contribution in [1.29, 1.82) is 0 Å². The van der Waals surface area contributed by atoms with Gasteiger partial charge in [-0.3, -0.25) is 4.79 Å². The van der Waals surface area contributed by atoms with Gasteiger partial charge in [-0.2, -0.15) is 0 Å². The van der Waals surface area contributed by atoms with Crippen LogP contribution in [0.5, 0.6) is 5.75 Å². The second-order valence-corrected chi connectivity index (χ2v) is 8.48. The summed E-state index contributed by atoms with van der Waals surface area (Å²) in [6.45, 7) is 12.3. The number of carbonyl (C=O) groups is 1. The maximum absolute atomic E-state index is 11.8. The first-order valence-electron chi connectivity index (χ1n) is 10.8. The van der Waals surface area contributed by atoms with Crippen molar-refractivity contribution in [2.45, 2.75) is 53.2 Å². The van der Waals surface area contributed by atoms with Gasteiger partial charge in [-0.05, 0) is 70.4 Å². The van der Waals surface area contributed by atoms with E-state index in [-0.39, 0.29) is 35.5 Å². The normalized spacial score (nSPS) is 11.4. The second kappa shape index (κ2) is 13.3. The average Bonchev–Trinajstić information content (AvgIpc) is 2.71. The predicted octanol–water partition coefficient (Wildman–Crippen LogP) is 4.45. The van der Waals surface area contributed by atoms with E-state index in [0.29, 0.717) is 18.7 Å². The lowest BCUT2D eigenvalue weighted by Crippen LogP contribution is -2.38. The fraction of sp³-hybridized carbons (Fsp3) is 0.440. The number of nitrogens with zero attached hydrogens (tertiary/aromatic N) is 1. The topological polar surface area (TPSA) is 74.8 Å². The first-order chi connectivity index (χ1) is 14.7. The maximum Gasteiger partial charge on any atom is 0.251 e. The molecule has 0 spiro atoms. The van der Waals surface area contributed by atoms with Crippen LogP contribution in [0.4, 0.5) is 0 Å². The molecule has 2 aromatic carbocycles. The van der Waals surface area contributed by atoms with Gasteiger partial charge in [-0.15, -0.1) is 24.0 Å². The molecular weight excluding hydrogens is 515 g/mol. The van der Waals surface area contributed by atoms with Crippen LogP contribution in [0.2, 0.25) is 0 Å². The summed E-state index contributed by atoms with van der Waals surface area (Å²) in [5, 5.41) is 9.33. The van der Waals surface area contributed by atoms with Gasteiger partial charge in [0, 0.05) is 31.3 Å². The zero-order valence-electron chi connectivity index (χ0n) is 20.0. The molecule has 0 aliphatic heterocycles. The van der Waals surface area contributed by atoms with Crippen molar-refractivity contribution in [3.63, 3.8) is 0 Å². The summed E-state index contributed by atoms with van der Waals surface area (Å²) in [6, 6.07) is 13.9. The Hall–Kier alpha value is -2.29. The van der Waals surface area contributed by atoms with Crippen molar-refractivity contribution in [3.05, 3.63) is 64.7 Å². The minimum Gasteiger partial charge on any atom is -0.488 e. The van der Waals surface area contributed by atoms with Crippen molar-refractivity contribution in [1.82, 2.24) is 16.0 Å². The van der Waals surface area contributed by atoms with Crippen LogP contribution in [-0.4, -0.2) is 37.6 Å². The van der Waals surface area contributed by atoms with Crippen molar-refractivity contribution in [2.75, 3.05) is 20.1 Å². The number of hydrogen-bond acceptors (Lipinski definition) is 3. The number of ether oxygens (including phenoxy) is 1. The predicted molar refractivity (Wildman–Crippen MR) is 143 cm³/mol. The monoisotopic (exact) mass is 552 g/mol. The Balaban J connectivity index is 0.00000512. The van der Waals surface area contributed by atoms with Crippen molar-refractivity contribution in [2.24, 2.45) is 4.99 Å². The summed E-state index contributed by atoms with van der Waals surface area (Å²) in [5.41, 5.74) is 3.72. The molecule has 0 aliphatic carbocycles. The molecule has 0 fully saturated rings. The van der Waals surface area contributed by atoms with Crippen molar-refractivity contribution < 1.29 is 9.53 Å². The number of benzene rings is 2. The molecule has 0 unspecified atom stereocenters. The number of amides is 1. The van der Waals surface area contributed by atoms with Gasteiger partial charge in [0.05, 0.1) is 6.54 Å². The number of guanidine groups is 1. The first-order valence-corrected chi connectivity index (χ1v) is 10.8. The quantitative estimate of drug-likeness (QED) is 0.257. The SMILES string of the molecule is CCNC(=NCc1ccc(C)cc1OC(C)(C)C)NCCc1cccc(C(=O)NC)c1.I. The van der Waals surface area contributed by atoms with Crippen LogP contribution in [0.15, 0.2) is 47.5 Å². The summed E-state index contributed by atoms with van der Waals surface area (Å²) in [4.78, 5) is 16.6. The van der Waals surface area contributed by atoms with Crippen LogP contribution in [0.1, 0.15) is 54.7 Å². The van der Waals surface area contributed by atoms with E-state index in [1.807, 2.05) is 52.0 Å². The highest BCUT2D eigenvalue weighted by Crippen LogP contribution is 2.25. The number of carbonyl (C=O) groups excluding carboxylic acids is 1. The highest BCUT2D eigenvalue weighted by atomic mass is 127. The number of aryl methyl sites for hydroxylation is 1. The van der Waals surface area contributed by atoms with E-state index in [2.05, 4.69) is 41.1 Å². The Labute approximate surface area is 209 Å². The van der Waals surface area contributed by atoms with Crippen LogP contribution < -0.4 is 20.7 Å². The lowest BCUT2D eigenvalue weighted by molar-refractivity contribution is 0.0963. The number of hydrogen-bond donors (Lipinski definition) is 3. The lowest BCUT2D eigenvalue weighted by Gasteiger charge is -2.23. The fourth-order valence-corrected chi connectivity index (χ4v) is 3.06. The Bertz CT molecular complexity index is 907. The summed E-state index contributed by atoms with van der Waals surface area (Å²) >= 11 is 0. The van der Waals surface area contributed by atoms with Gasteiger partial charge >= 0.3 is 0 Å². The summed E-state index contributed by atoms with van der Waals surface area (Å²) < 4.78 is 6.14. The summed E-state index contributed by atoms with van der Waals surface area (Å²) in [6.07, 6.45) is 0.790. The smallest absolute Gasteiger partial charge is 0.251 e. The van der Waals surface area contributed by atoms with E-state index >= 15 is 0 Å². The van der Waals surface area contributed by atoms with E-state index in [0.717, 1.165) is 41.4 Å². The van der Waals surface area contributed by atoms with E-state index < -0.39 is 0 Å². The summed E-state index contributed by atoms with van der Waals surface area (Å²) in [5.74, 6) is 1.56. The minimum absolute atomic E-state index is 0. The third-order valence-electron chi connectivity index (χ3n) is 4.51. The van der Waals surface area contributed by atoms with Gasteiger partial charge < -0.3 is 20.7 Å². The van der Waals surface area contributed by atoms with E-state index in [1.165, 1.54) is 0 Å². The zero-order chi connectivity index (χ0) is 22.9. The summed E-state index contributed by atoms with van der Waals surface area (Å²) in [7, 11) is 1.64. The average molecular weight is 553 g/mol. The molecule has 0 saturated heterocycles. The fourth-order valence-electron chi connectivity index (χ4n) is 3.06. The van der Waals surface area contributed by atoms with E-state index in [4.69, 9.17) is 9.73 Å².